The topological polar surface area (TPSA) is 64.6 Å². The van der Waals surface area contributed by atoms with E-state index in [0.717, 1.165) is 36.1 Å². The Morgan fingerprint density at radius 3 is 2.45 bits per heavy atom. The third-order valence-electron chi connectivity index (χ3n) is 5.38. The van der Waals surface area contributed by atoms with E-state index in [4.69, 9.17) is 9.47 Å². The highest BCUT2D eigenvalue weighted by Gasteiger charge is 2.21. The van der Waals surface area contributed by atoms with Crippen LogP contribution in [0.2, 0.25) is 0 Å². The molecule has 0 heterocycles. The highest BCUT2D eigenvalue weighted by molar-refractivity contribution is 5.91. The molecule has 0 fully saturated rings. The Bertz CT molecular complexity index is 1030. The maximum atomic E-state index is 12.3. The minimum absolute atomic E-state index is 0.0277. The SMILES string of the molecule is O=C(COC(=O)c1ccc(COc2ccccc2)cc1)N[C@@H]1CCCc2ccccc21. The molecule has 0 unspecified atom stereocenters. The highest BCUT2D eigenvalue weighted by atomic mass is 16.5. The molecular formula is C26H25NO4. The second-order valence-corrected chi connectivity index (χ2v) is 7.59. The quantitative estimate of drug-likeness (QED) is 0.572. The minimum Gasteiger partial charge on any atom is -0.489 e. The number of aryl methyl sites for hydroxylation is 1. The average Bonchev–Trinajstić information content (AvgIpc) is 2.82. The molecule has 1 amide bonds. The number of benzene rings is 3. The van der Waals surface area contributed by atoms with E-state index in [1.165, 1.54) is 5.56 Å². The molecule has 0 aromatic heterocycles. The monoisotopic (exact) mass is 415 g/mol. The van der Waals surface area contributed by atoms with Crippen molar-refractivity contribution in [3.63, 3.8) is 0 Å². The van der Waals surface area contributed by atoms with Gasteiger partial charge >= 0.3 is 5.97 Å². The van der Waals surface area contributed by atoms with Gasteiger partial charge in [0.2, 0.25) is 0 Å². The number of carbonyl (C=O) groups is 2. The average molecular weight is 415 g/mol. The molecule has 0 radical (unpaired) electrons. The molecule has 0 aliphatic heterocycles. The van der Waals surface area contributed by atoms with Crippen LogP contribution >= 0.6 is 0 Å². The Kier molecular flexibility index (Phi) is 6.62. The van der Waals surface area contributed by atoms with E-state index in [1.807, 2.05) is 54.6 Å². The largest absolute Gasteiger partial charge is 0.489 e. The van der Waals surface area contributed by atoms with Crippen molar-refractivity contribution >= 4 is 11.9 Å². The van der Waals surface area contributed by atoms with Gasteiger partial charge in [-0.25, -0.2) is 4.79 Å². The van der Waals surface area contributed by atoms with Crippen LogP contribution in [0.5, 0.6) is 5.75 Å². The fraction of sp³-hybridized carbons (Fsp3) is 0.231. The molecule has 0 saturated heterocycles. The number of amides is 1. The predicted molar refractivity (Wildman–Crippen MR) is 118 cm³/mol. The summed E-state index contributed by atoms with van der Waals surface area (Å²) in [6.45, 7) is 0.112. The zero-order valence-electron chi connectivity index (χ0n) is 17.3. The number of fused-ring (bicyclic) bond motifs is 1. The number of para-hydroxylation sites is 1. The Hall–Kier alpha value is -3.60. The normalized spacial score (nSPS) is 14.9. The summed E-state index contributed by atoms with van der Waals surface area (Å²) in [4.78, 5) is 24.6. The lowest BCUT2D eigenvalue weighted by Crippen LogP contribution is -2.34. The van der Waals surface area contributed by atoms with Crippen LogP contribution in [0.25, 0.3) is 0 Å². The molecule has 5 nitrogen and oxygen atoms in total. The molecule has 5 heteroatoms. The van der Waals surface area contributed by atoms with E-state index >= 15 is 0 Å². The molecule has 3 aromatic rings. The molecule has 0 bridgehead atoms. The third-order valence-corrected chi connectivity index (χ3v) is 5.38. The first-order chi connectivity index (χ1) is 15.2. The summed E-state index contributed by atoms with van der Waals surface area (Å²) in [5, 5.41) is 2.99. The molecule has 4 rings (SSSR count). The lowest BCUT2D eigenvalue weighted by molar-refractivity contribution is -0.125. The fourth-order valence-corrected chi connectivity index (χ4v) is 3.77. The van der Waals surface area contributed by atoms with Crippen LogP contribution in [0.3, 0.4) is 0 Å². The predicted octanol–water partition coefficient (Wildman–Crippen LogP) is 4.62. The van der Waals surface area contributed by atoms with Crippen molar-refractivity contribution < 1.29 is 19.1 Å². The van der Waals surface area contributed by atoms with Crippen LogP contribution in [0.15, 0.2) is 78.9 Å². The van der Waals surface area contributed by atoms with E-state index in [2.05, 4.69) is 17.4 Å². The zero-order valence-corrected chi connectivity index (χ0v) is 17.3. The maximum Gasteiger partial charge on any atom is 0.338 e. The van der Waals surface area contributed by atoms with Gasteiger partial charge in [-0.05, 0) is 60.2 Å². The van der Waals surface area contributed by atoms with E-state index in [1.54, 1.807) is 12.1 Å². The first kappa shape index (κ1) is 20.7. The molecule has 1 atom stereocenters. The summed E-state index contributed by atoms with van der Waals surface area (Å²) in [6, 6.07) is 24.7. The van der Waals surface area contributed by atoms with Crippen LogP contribution in [0, 0.1) is 0 Å². The van der Waals surface area contributed by atoms with Crippen LogP contribution in [0.1, 0.15) is 45.9 Å². The van der Waals surface area contributed by atoms with Crippen molar-refractivity contribution in [1.82, 2.24) is 5.32 Å². The summed E-state index contributed by atoms with van der Waals surface area (Å²) in [5.74, 6) is -0.0183. The Balaban J connectivity index is 1.25. The van der Waals surface area contributed by atoms with Gasteiger partial charge in [0.05, 0.1) is 11.6 Å². The molecule has 1 aliphatic rings. The smallest absolute Gasteiger partial charge is 0.338 e. The number of hydrogen-bond acceptors (Lipinski definition) is 4. The van der Waals surface area contributed by atoms with Gasteiger partial charge in [0.1, 0.15) is 12.4 Å². The van der Waals surface area contributed by atoms with E-state index in [0.29, 0.717) is 12.2 Å². The fourth-order valence-electron chi connectivity index (χ4n) is 3.77. The Morgan fingerprint density at radius 1 is 0.903 bits per heavy atom. The van der Waals surface area contributed by atoms with Crippen LogP contribution in [0.4, 0.5) is 0 Å². The number of esters is 1. The van der Waals surface area contributed by atoms with Crippen molar-refractivity contribution in [3.8, 4) is 5.75 Å². The number of hydrogen-bond donors (Lipinski definition) is 1. The van der Waals surface area contributed by atoms with Gasteiger partial charge in [0.25, 0.3) is 5.91 Å². The maximum absolute atomic E-state index is 12.3. The van der Waals surface area contributed by atoms with E-state index in [-0.39, 0.29) is 18.6 Å². The second-order valence-electron chi connectivity index (χ2n) is 7.59. The number of nitrogens with one attached hydrogen (secondary N) is 1. The summed E-state index contributed by atoms with van der Waals surface area (Å²) in [6.07, 6.45) is 2.95. The van der Waals surface area contributed by atoms with Crippen LogP contribution in [-0.4, -0.2) is 18.5 Å². The van der Waals surface area contributed by atoms with Crippen molar-refractivity contribution in [1.29, 1.82) is 0 Å². The van der Waals surface area contributed by atoms with Gasteiger partial charge in [-0.3, -0.25) is 4.79 Å². The van der Waals surface area contributed by atoms with Crippen molar-refractivity contribution in [2.75, 3.05) is 6.61 Å². The molecule has 0 saturated carbocycles. The van der Waals surface area contributed by atoms with Gasteiger partial charge in [-0.2, -0.15) is 0 Å². The van der Waals surface area contributed by atoms with Gasteiger partial charge in [0.15, 0.2) is 6.61 Å². The van der Waals surface area contributed by atoms with Gasteiger partial charge in [0, 0.05) is 0 Å². The summed E-state index contributed by atoms with van der Waals surface area (Å²) >= 11 is 0. The molecule has 1 aliphatic carbocycles. The molecule has 1 N–H and O–H groups in total. The number of rotatable bonds is 7. The van der Waals surface area contributed by atoms with Crippen LogP contribution in [-0.2, 0) is 22.6 Å². The lowest BCUT2D eigenvalue weighted by atomic mass is 9.88. The highest BCUT2D eigenvalue weighted by Crippen LogP contribution is 2.29. The lowest BCUT2D eigenvalue weighted by Gasteiger charge is -2.26. The van der Waals surface area contributed by atoms with Crippen molar-refractivity contribution in [3.05, 3.63) is 101 Å². The standard InChI is InChI=1S/C26H25NO4/c28-25(27-24-12-6-8-20-7-4-5-11-23(20)24)18-31-26(29)21-15-13-19(14-16-21)17-30-22-9-2-1-3-10-22/h1-5,7,9-11,13-16,24H,6,8,12,17-18H2,(H,27,28)/t24-/m1/s1. The second kappa shape index (κ2) is 9.94. The molecule has 3 aromatic carbocycles. The summed E-state index contributed by atoms with van der Waals surface area (Å²) in [5.41, 5.74) is 3.77. The van der Waals surface area contributed by atoms with E-state index < -0.39 is 5.97 Å². The molecule has 0 spiro atoms. The van der Waals surface area contributed by atoms with E-state index in [9.17, 15) is 9.59 Å². The van der Waals surface area contributed by atoms with Crippen molar-refractivity contribution in [2.24, 2.45) is 0 Å². The van der Waals surface area contributed by atoms with Crippen LogP contribution < -0.4 is 10.1 Å². The molecule has 158 valence electrons. The molecule has 31 heavy (non-hydrogen) atoms. The van der Waals surface area contributed by atoms with Gasteiger partial charge in [-0.1, -0.05) is 54.6 Å². The summed E-state index contributed by atoms with van der Waals surface area (Å²) < 4.78 is 10.9. The molecular weight excluding hydrogens is 390 g/mol. The number of carbonyl (C=O) groups excluding carboxylic acids is 2. The van der Waals surface area contributed by atoms with Crippen molar-refractivity contribution in [2.45, 2.75) is 31.9 Å². The number of ether oxygens (including phenoxy) is 2. The van der Waals surface area contributed by atoms with Gasteiger partial charge in [-0.15, -0.1) is 0 Å². The first-order valence-electron chi connectivity index (χ1n) is 10.5. The summed E-state index contributed by atoms with van der Waals surface area (Å²) in [7, 11) is 0. The first-order valence-corrected chi connectivity index (χ1v) is 10.5. The minimum atomic E-state index is -0.519. The third kappa shape index (κ3) is 5.51. The zero-order chi connectivity index (χ0) is 21.5. The van der Waals surface area contributed by atoms with Gasteiger partial charge < -0.3 is 14.8 Å². The Labute approximate surface area is 182 Å². The Morgan fingerprint density at radius 2 is 1.65 bits per heavy atom.